The van der Waals surface area contributed by atoms with Crippen LogP contribution < -0.4 is 10.6 Å². The minimum absolute atomic E-state index is 0.794. The molecule has 2 saturated heterocycles. The van der Waals surface area contributed by atoms with Crippen LogP contribution in [0, 0.1) is 0 Å². The number of hydrogen-bond acceptors (Lipinski definition) is 2. The van der Waals surface area contributed by atoms with E-state index in [1.165, 1.54) is 38.8 Å². The molecule has 2 atom stereocenters. The highest BCUT2D eigenvalue weighted by Crippen LogP contribution is 2.16. The normalized spacial score (nSPS) is 40.8. The molecule has 2 aliphatic rings. The van der Waals surface area contributed by atoms with E-state index in [4.69, 9.17) is 0 Å². The molecule has 2 nitrogen and oxygen atoms in total. The fourth-order valence-corrected chi connectivity index (χ4v) is 2.11. The third kappa shape index (κ3) is 1.18. The molecular weight excluding hydrogens is 124 g/mol. The Hall–Kier alpha value is -0.0800. The first-order valence-electron chi connectivity index (χ1n) is 4.43. The Morgan fingerprint density at radius 2 is 1.30 bits per heavy atom. The maximum atomic E-state index is 3.54. The van der Waals surface area contributed by atoms with Crippen LogP contribution in [0.15, 0.2) is 0 Å². The van der Waals surface area contributed by atoms with Crippen LogP contribution in [0.25, 0.3) is 0 Å². The first-order chi connectivity index (χ1) is 4.97. The zero-order valence-corrected chi connectivity index (χ0v) is 6.40. The summed E-state index contributed by atoms with van der Waals surface area (Å²) in [7, 11) is 0. The second kappa shape index (κ2) is 2.89. The van der Waals surface area contributed by atoms with E-state index in [0.717, 1.165) is 12.1 Å². The van der Waals surface area contributed by atoms with Gasteiger partial charge in [0.15, 0.2) is 0 Å². The summed E-state index contributed by atoms with van der Waals surface area (Å²) in [4.78, 5) is 0. The smallest absolute Gasteiger partial charge is 0.0221 e. The summed E-state index contributed by atoms with van der Waals surface area (Å²) in [6, 6.07) is 1.59. The summed E-state index contributed by atoms with van der Waals surface area (Å²) in [6.07, 6.45) is 5.53. The minimum atomic E-state index is 0.794. The van der Waals surface area contributed by atoms with E-state index in [2.05, 4.69) is 10.6 Å². The fourth-order valence-electron chi connectivity index (χ4n) is 2.11. The highest BCUT2D eigenvalue weighted by Gasteiger charge is 2.26. The Morgan fingerprint density at radius 1 is 0.800 bits per heavy atom. The lowest BCUT2D eigenvalue weighted by molar-refractivity contribution is 0.449. The summed E-state index contributed by atoms with van der Waals surface area (Å²) in [5.74, 6) is 0. The van der Waals surface area contributed by atoms with Gasteiger partial charge in [-0.15, -0.1) is 0 Å². The van der Waals surface area contributed by atoms with E-state index >= 15 is 0 Å². The molecule has 0 aromatic heterocycles. The molecule has 0 spiro atoms. The van der Waals surface area contributed by atoms with Gasteiger partial charge in [0, 0.05) is 12.1 Å². The van der Waals surface area contributed by atoms with Crippen molar-refractivity contribution in [1.82, 2.24) is 10.6 Å². The van der Waals surface area contributed by atoms with Gasteiger partial charge in [0.2, 0.25) is 0 Å². The molecule has 1 unspecified atom stereocenters. The topological polar surface area (TPSA) is 24.1 Å². The van der Waals surface area contributed by atoms with Gasteiger partial charge >= 0.3 is 0 Å². The Morgan fingerprint density at radius 3 is 1.60 bits per heavy atom. The Balaban J connectivity index is 1.85. The van der Waals surface area contributed by atoms with Crippen LogP contribution in [0.5, 0.6) is 0 Å². The van der Waals surface area contributed by atoms with Crippen molar-refractivity contribution in [3.63, 3.8) is 0 Å². The molecular formula is C8H16N2. The van der Waals surface area contributed by atoms with Crippen LogP contribution in [0.3, 0.4) is 0 Å². The largest absolute Gasteiger partial charge is 0.312 e. The van der Waals surface area contributed by atoms with E-state index < -0.39 is 0 Å². The average Bonchev–Trinajstić information content (AvgIpc) is 2.59. The van der Waals surface area contributed by atoms with Gasteiger partial charge in [0.05, 0.1) is 0 Å². The Kier molecular flexibility index (Phi) is 1.91. The zero-order chi connectivity index (χ0) is 6.81. The predicted molar refractivity (Wildman–Crippen MR) is 42.0 cm³/mol. The summed E-state index contributed by atoms with van der Waals surface area (Å²) < 4.78 is 0. The lowest BCUT2D eigenvalue weighted by Gasteiger charge is -2.17. The minimum Gasteiger partial charge on any atom is -0.312 e. The van der Waals surface area contributed by atoms with Crippen molar-refractivity contribution >= 4 is 0 Å². The second-order valence-corrected chi connectivity index (χ2v) is 3.41. The van der Waals surface area contributed by atoms with E-state index in [1.54, 1.807) is 0 Å². The zero-order valence-electron chi connectivity index (χ0n) is 6.40. The molecule has 2 rings (SSSR count). The monoisotopic (exact) mass is 140 g/mol. The lowest BCUT2D eigenvalue weighted by Crippen LogP contribution is -2.40. The molecule has 2 aliphatic heterocycles. The van der Waals surface area contributed by atoms with Crippen LogP contribution in [-0.2, 0) is 0 Å². The molecule has 58 valence electrons. The highest BCUT2D eigenvalue weighted by molar-refractivity contribution is 4.89. The van der Waals surface area contributed by atoms with Crippen LogP contribution in [-0.4, -0.2) is 25.2 Å². The molecule has 2 heteroatoms. The summed E-state index contributed by atoms with van der Waals surface area (Å²) in [6.45, 7) is 2.48. The van der Waals surface area contributed by atoms with E-state index in [9.17, 15) is 0 Å². The molecule has 0 aromatic rings. The third-order valence-electron chi connectivity index (χ3n) is 2.68. The molecule has 0 amide bonds. The lowest BCUT2D eigenvalue weighted by atomic mass is 10.1. The molecule has 0 aliphatic carbocycles. The first-order valence-corrected chi connectivity index (χ1v) is 4.43. The standard InChI is InChI=1S/C8H16N2/c1-3-7(9-5-1)8-4-2-6-10-8/h7-10H,1-6H2/t7-,8?/m1/s1. The number of hydrogen-bond donors (Lipinski definition) is 2. The van der Waals surface area contributed by atoms with Crippen molar-refractivity contribution in [2.45, 2.75) is 37.8 Å². The second-order valence-electron chi connectivity index (χ2n) is 3.41. The maximum Gasteiger partial charge on any atom is 0.0221 e. The fraction of sp³-hybridized carbons (Fsp3) is 1.00. The van der Waals surface area contributed by atoms with Crippen molar-refractivity contribution < 1.29 is 0 Å². The maximum absolute atomic E-state index is 3.54. The van der Waals surface area contributed by atoms with Gasteiger partial charge in [-0.25, -0.2) is 0 Å². The van der Waals surface area contributed by atoms with E-state index in [0.29, 0.717) is 0 Å². The molecule has 0 aromatic carbocycles. The number of rotatable bonds is 1. The summed E-state index contributed by atoms with van der Waals surface area (Å²) >= 11 is 0. The van der Waals surface area contributed by atoms with Crippen LogP contribution in [0.2, 0.25) is 0 Å². The van der Waals surface area contributed by atoms with Crippen LogP contribution >= 0.6 is 0 Å². The van der Waals surface area contributed by atoms with E-state index in [1.807, 2.05) is 0 Å². The molecule has 2 fully saturated rings. The van der Waals surface area contributed by atoms with Crippen molar-refractivity contribution in [3.05, 3.63) is 0 Å². The molecule has 2 N–H and O–H groups in total. The SMILES string of the molecule is C1CNC([C@H]2CCCN2)C1. The van der Waals surface area contributed by atoms with Crippen LogP contribution in [0.4, 0.5) is 0 Å². The predicted octanol–water partition coefficient (Wildman–Crippen LogP) is 0.490. The van der Waals surface area contributed by atoms with Gasteiger partial charge in [0.25, 0.3) is 0 Å². The first kappa shape index (κ1) is 6.62. The summed E-state index contributed by atoms with van der Waals surface area (Å²) in [5, 5.41) is 7.07. The molecule has 0 radical (unpaired) electrons. The molecule has 2 heterocycles. The van der Waals surface area contributed by atoms with Crippen molar-refractivity contribution in [2.24, 2.45) is 0 Å². The quantitative estimate of drug-likeness (QED) is 0.554. The van der Waals surface area contributed by atoms with E-state index in [-0.39, 0.29) is 0 Å². The van der Waals surface area contributed by atoms with Gasteiger partial charge in [0.1, 0.15) is 0 Å². The van der Waals surface area contributed by atoms with Gasteiger partial charge < -0.3 is 10.6 Å². The average molecular weight is 140 g/mol. The van der Waals surface area contributed by atoms with Crippen LogP contribution in [0.1, 0.15) is 25.7 Å². The van der Waals surface area contributed by atoms with Gasteiger partial charge in [-0.3, -0.25) is 0 Å². The van der Waals surface area contributed by atoms with Gasteiger partial charge in [-0.05, 0) is 38.8 Å². The molecule has 0 bridgehead atoms. The van der Waals surface area contributed by atoms with Gasteiger partial charge in [-0.2, -0.15) is 0 Å². The van der Waals surface area contributed by atoms with Gasteiger partial charge in [-0.1, -0.05) is 0 Å². The van der Waals surface area contributed by atoms with Crippen molar-refractivity contribution in [1.29, 1.82) is 0 Å². The molecule has 10 heavy (non-hydrogen) atoms. The number of nitrogens with one attached hydrogen (secondary N) is 2. The van der Waals surface area contributed by atoms with Crippen molar-refractivity contribution in [2.75, 3.05) is 13.1 Å². The third-order valence-corrected chi connectivity index (χ3v) is 2.68. The highest BCUT2D eigenvalue weighted by atomic mass is 15.0. The Labute approximate surface area is 62.4 Å². The summed E-state index contributed by atoms with van der Waals surface area (Å²) in [5.41, 5.74) is 0. The molecule has 0 saturated carbocycles. The van der Waals surface area contributed by atoms with Crippen molar-refractivity contribution in [3.8, 4) is 0 Å². The Bertz CT molecular complexity index is 87.8.